The lowest BCUT2D eigenvalue weighted by molar-refractivity contribution is -0.385. The number of nitrogens with zero attached hydrogens (tertiary/aromatic N) is 3. The molecule has 0 radical (unpaired) electrons. The summed E-state index contributed by atoms with van der Waals surface area (Å²) in [6.45, 7) is 3.18. The van der Waals surface area contributed by atoms with Crippen LogP contribution in [-0.4, -0.2) is 52.1 Å². The van der Waals surface area contributed by atoms with Crippen LogP contribution in [0.3, 0.4) is 0 Å². The van der Waals surface area contributed by atoms with Crippen LogP contribution < -0.4 is 5.32 Å². The summed E-state index contributed by atoms with van der Waals surface area (Å²) in [5.74, 6) is -1.48. The molecule has 1 fully saturated rings. The zero-order chi connectivity index (χ0) is 23.4. The largest absolute Gasteiger partial charge is 0.326 e. The van der Waals surface area contributed by atoms with E-state index in [4.69, 9.17) is 0 Å². The molecule has 4 rings (SSSR count). The fourth-order valence-electron chi connectivity index (χ4n) is 4.36. The van der Waals surface area contributed by atoms with Gasteiger partial charge in [-0.15, -0.1) is 0 Å². The minimum atomic E-state index is -0.688. The van der Waals surface area contributed by atoms with Crippen LogP contribution in [0, 0.1) is 10.1 Å². The number of rotatable bonds is 8. The summed E-state index contributed by atoms with van der Waals surface area (Å²) in [5, 5.41) is 14.0. The summed E-state index contributed by atoms with van der Waals surface area (Å²) in [4.78, 5) is 51.3. The van der Waals surface area contributed by atoms with Gasteiger partial charge in [0, 0.05) is 31.3 Å². The maximum absolute atomic E-state index is 12.6. The third kappa shape index (κ3) is 5.09. The number of carbonyl (C=O) groups excluding carboxylic acids is 3. The van der Waals surface area contributed by atoms with Gasteiger partial charge in [0.05, 0.1) is 10.5 Å². The van der Waals surface area contributed by atoms with E-state index < -0.39 is 16.7 Å². The smallest absolute Gasteiger partial charge is 0.282 e. The van der Waals surface area contributed by atoms with E-state index in [0.29, 0.717) is 5.69 Å². The quantitative estimate of drug-likeness (QED) is 0.374. The van der Waals surface area contributed by atoms with Crippen molar-refractivity contribution in [1.29, 1.82) is 0 Å². The zero-order valence-electron chi connectivity index (χ0n) is 18.3. The molecular formula is C24H26N4O5. The number of hydrogen-bond donors (Lipinski definition) is 1. The van der Waals surface area contributed by atoms with E-state index in [2.05, 4.69) is 10.2 Å². The van der Waals surface area contributed by atoms with Gasteiger partial charge in [0.1, 0.15) is 5.56 Å². The molecule has 0 spiro atoms. The Hall–Kier alpha value is -3.59. The standard InChI is InChI=1S/C24H26N4O5/c29-21(25-18-11-9-17(10-12-18)16-26-13-2-1-3-14-26)8-5-15-27-23(30)19-6-4-7-20(28(32)33)22(19)24(27)31/h4,6-7,9-12H,1-3,5,8,13-16H2,(H,25,29). The van der Waals surface area contributed by atoms with Crippen LogP contribution in [0.2, 0.25) is 0 Å². The van der Waals surface area contributed by atoms with Gasteiger partial charge in [-0.3, -0.25) is 34.3 Å². The first-order valence-electron chi connectivity index (χ1n) is 11.2. The first-order chi connectivity index (χ1) is 15.9. The number of nitro groups is 1. The summed E-state index contributed by atoms with van der Waals surface area (Å²) in [5.41, 5.74) is 1.37. The van der Waals surface area contributed by atoms with Gasteiger partial charge in [-0.05, 0) is 56.1 Å². The maximum Gasteiger partial charge on any atom is 0.282 e. The summed E-state index contributed by atoms with van der Waals surface area (Å²) in [6.07, 6.45) is 4.16. The number of nitro benzene ring substituents is 1. The third-order valence-electron chi connectivity index (χ3n) is 6.05. The number of likely N-dealkylation sites (tertiary alicyclic amines) is 1. The van der Waals surface area contributed by atoms with Gasteiger partial charge < -0.3 is 5.32 Å². The molecule has 2 aliphatic rings. The van der Waals surface area contributed by atoms with E-state index in [1.807, 2.05) is 24.3 Å². The number of piperidine rings is 1. The monoisotopic (exact) mass is 450 g/mol. The molecule has 1 saturated heterocycles. The number of imide groups is 1. The van der Waals surface area contributed by atoms with Crippen molar-refractivity contribution in [3.05, 3.63) is 69.3 Å². The minimum absolute atomic E-state index is 0.0195. The molecule has 33 heavy (non-hydrogen) atoms. The van der Waals surface area contributed by atoms with Gasteiger partial charge in [0.15, 0.2) is 0 Å². The van der Waals surface area contributed by atoms with Crippen molar-refractivity contribution in [2.75, 3.05) is 25.0 Å². The third-order valence-corrected chi connectivity index (χ3v) is 6.05. The first-order valence-corrected chi connectivity index (χ1v) is 11.2. The highest BCUT2D eigenvalue weighted by Gasteiger charge is 2.40. The van der Waals surface area contributed by atoms with Gasteiger partial charge in [-0.2, -0.15) is 0 Å². The van der Waals surface area contributed by atoms with Crippen LogP contribution >= 0.6 is 0 Å². The van der Waals surface area contributed by atoms with Crippen LogP contribution in [-0.2, 0) is 11.3 Å². The molecule has 2 heterocycles. The predicted octanol–water partition coefficient (Wildman–Crippen LogP) is 3.60. The van der Waals surface area contributed by atoms with Crippen molar-refractivity contribution in [3.8, 4) is 0 Å². The highest BCUT2D eigenvalue weighted by molar-refractivity contribution is 6.23. The Bertz CT molecular complexity index is 1080. The summed E-state index contributed by atoms with van der Waals surface area (Å²) in [7, 11) is 0. The van der Waals surface area contributed by atoms with Gasteiger partial charge in [0.25, 0.3) is 17.5 Å². The average Bonchev–Trinajstić information content (AvgIpc) is 3.06. The van der Waals surface area contributed by atoms with Crippen molar-refractivity contribution in [1.82, 2.24) is 9.80 Å². The number of carbonyl (C=O) groups is 3. The van der Waals surface area contributed by atoms with Crippen LogP contribution in [0.15, 0.2) is 42.5 Å². The number of amides is 3. The fraction of sp³-hybridized carbons (Fsp3) is 0.375. The molecule has 0 atom stereocenters. The number of anilines is 1. The molecule has 0 aromatic heterocycles. The first kappa shape index (κ1) is 22.6. The Morgan fingerprint density at radius 2 is 1.73 bits per heavy atom. The van der Waals surface area contributed by atoms with Crippen LogP contribution in [0.5, 0.6) is 0 Å². The second-order valence-electron chi connectivity index (χ2n) is 8.40. The van der Waals surface area contributed by atoms with Gasteiger partial charge >= 0.3 is 0 Å². The molecule has 3 amide bonds. The summed E-state index contributed by atoms with van der Waals surface area (Å²) >= 11 is 0. The van der Waals surface area contributed by atoms with E-state index in [-0.39, 0.29) is 42.1 Å². The van der Waals surface area contributed by atoms with E-state index in [1.165, 1.54) is 43.0 Å². The van der Waals surface area contributed by atoms with Crippen molar-refractivity contribution in [2.24, 2.45) is 0 Å². The van der Waals surface area contributed by atoms with Crippen molar-refractivity contribution in [3.63, 3.8) is 0 Å². The molecule has 0 aliphatic carbocycles. The molecule has 9 heteroatoms. The fourth-order valence-corrected chi connectivity index (χ4v) is 4.36. The van der Waals surface area contributed by atoms with Gasteiger partial charge in [0.2, 0.25) is 5.91 Å². The van der Waals surface area contributed by atoms with E-state index in [1.54, 1.807) is 0 Å². The van der Waals surface area contributed by atoms with E-state index >= 15 is 0 Å². The maximum atomic E-state index is 12.6. The normalized spacial score (nSPS) is 16.1. The Morgan fingerprint density at radius 3 is 2.42 bits per heavy atom. The van der Waals surface area contributed by atoms with Crippen molar-refractivity contribution < 1.29 is 19.3 Å². The number of benzene rings is 2. The molecule has 0 bridgehead atoms. The Balaban J connectivity index is 1.26. The molecule has 2 aromatic rings. The van der Waals surface area contributed by atoms with E-state index in [9.17, 15) is 24.5 Å². The summed E-state index contributed by atoms with van der Waals surface area (Å²) < 4.78 is 0. The molecule has 9 nitrogen and oxygen atoms in total. The van der Waals surface area contributed by atoms with Gasteiger partial charge in [-0.25, -0.2) is 0 Å². The highest BCUT2D eigenvalue weighted by atomic mass is 16.6. The molecule has 0 unspecified atom stereocenters. The summed E-state index contributed by atoms with van der Waals surface area (Å²) in [6, 6.07) is 11.8. The Morgan fingerprint density at radius 1 is 1.00 bits per heavy atom. The lowest BCUT2D eigenvalue weighted by Crippen LogP contribution is -2.31. The average molecular weight is 450 g/mol. The number of nitrogens with one attached hydrogen (secondary N) is 1. The molecule has 1 N–H and O–H groups in total. The topological polar surface area (TPSA) is 113 Å². The molecule has 2 aromatic carbocycles. The zero-order valence-corrected chi connectivity index (χ0v) is 18.3. The van der Waals surface area contributed by atoms with Gasteiger partial charge in [-0.1, -0.05) is 24.6 Å². The van der Waals surface area contributed by atoms with Crippen LogP contribution in [0.25, 0.3) is 0 Å². The second-order valence-corrected chi connectivity index (χ2v) is 8.40. The molecule has 0 saturated carbocycles. The van der Waals surface area contributed by atoms with Crippen LogP contribution in [0.1, 0.15) is 58.4 Å². The van der Waals surface area contributed by atoms with E-state index in [0.717, 1.165) is 24.5 Å². The van der Waals surface area contributed by atoms with Crippen molar-refractivity contribution in [2.45, 2.75) is 38.6 Å². The SMILES string of the molecule is O=C(CCCN1C(=O)c2cccc([N+](=O)[O-])c2C1=O)Nc1ccc(CN2CCCCC2)cc1. The van der Waals surface area contributed by atoms with Crippen LogP contribution in [0.4, 0.5) is 11.4 Å². The Kier molecular flexibility index (Phi) is 6.79. The highest BCUT2D eigenvalue weighted by Crippen LogP contribution is 2.30. The number of fused-ring (bicyclic) bond motifs is 1. The lowest BCUT2D eigenvalue weighted by atomic mass is 10.1. The lowest BCUT2D eigenvalue weighted by Gasteiger charge is -2.26. The van der Waals surface area contributed by atoms with Crippen molar-refractivity contribution >= 4 is 29.1 Å². The number of hydrogen-bond acceptors (Lipinski definition) is 6. The molecule has 172 valence electrons. The second kappa shape index (κ2) is 9.91. The molecular weight excluding hydrogens is 424 g/mol. The Labute approximate surface area is 191 Å². The minimum Gasteiger partial charge on any atom is -0.326 e. The predicted molar refractivity (Wildman–Crippen MR) is 122 cm³/mol. The molecule has 2 aliphatic heterocycles.